The van der Waals surface area contributed by atoms with Crippen molar-refractivity contribution in [2.45, 2.75) is 45.3 Å². The Hall–Kier alpha value is -2.95. The van der Waals surface area contributed by atoms with Crippen LogP contribution in [0.5, 0.6) is 0 Å². The number of rotatable bonds is 8. The van der Waals surface area contributed by atoms with Gasteiger partial charge < -0.3 is 20.6 Å². The van der Waals surface area contributed by atoms with Crippen molar-refractivity contribution in [1.29, 1.82) is 5.26 Å². The number of nitrogens with one attached hydrogen (secondary N) is 2. The van der Waals surface area contributed by atoms with Gasteiger partial charge in [0.25, 0.3) is 0 Å². The number of β-amino-alcohol motifs (C(OH)–C–C–N with tert-alkyl or cyclic N) is 1. The quantitative estimate of drug-likeness (QED) is 0.561. The van der Waals surface area contributed by atoms with Crippen molar-refractivity contribution >= 4 is 11.7 Å². The highest BCUT2D eigenvalue weighted by Crippen LogP contribution is 2.23. The molecule has 2 amide bonds. The fraction of sp³-hybridized carbons (Fsp3) is 0.462. The summed E-state index contributed by atoms with van der Waals surface area (Å²) in [7, 11) is 0. The molecule has 6 nitrogen and oxygen atoms in total. The van der Waals surface area contributed by atoms with Crippen LogP contribution in [0.15, 0.2) is 48.5 Å². The second-order valence-electron chi connectivity index (χ2n) is 9.20. The second-order valence-corrected chi connectivity index (χ2v) is 9.20. The number of carbonyl (C=O) groups is 1. The Balaban J connectivity index is 1.47. The number of halogens is 1. The maximum atomic E-state index is 13.1. The first-order valence-corrected chi connectivity index (χ1v) is 11.6. The number of amides is 2. The number of urea groups is 1. The minimum absolute atomic E-state index is 0.0483. The molecule has 0 unspecified atom stereocenters. The molecule has 0 radical (unpaired) electrons. The van der Waals surface area contributed by atoms with Crippen molar-refractivity contribution in [3.05, 3.63) is 65.5 Å². The first kappa shape index (κ1) is 24.7. The predicted molar refractivity (Wildman–Crippen MR) is 127 cm³/mol. The Kier molecular flexibility index (Phi) is 8.81. The van der Waals surface area contributed by atoms with Crippen LogP contribution in [-0.4, -0.2) is 47.8 Å². The number of nitriles is 1. The summed E-state index contributed by atoms with van der Waals surface area (Å²) in [4.78, 5) is 14.8. The average Bonchev–Trinajstić information content (AvgIpc) is 2.80. The maximum absolute atomic E-state index is 13.1. The number of aliphatic hydroxyl groups excluding tert-OH is 1. The van der Waals surface area contributed by atoms with Gasteiger partial charge in [0, 0.05) is 12.2 Å². The fourth-order valence-electron chi connectivity index (χ4n) is 4.40. The highest BCUT2D eigenvalue weighted by molar-refractivity contribution is 5.89. The summed E-state index contributed by atoms with van der Waals surface area (Å²) in [5.41, 5.74) is 2.16. The molecule has 3 rings (SSSR count). The van der Waals surface area contributed by atoms with E-state index in [9.17, 15) is 14.3 Å². The van der Waals surface area contributed by atoms with Gasteiger partial charge in [0.1, 0.15) is 5.82 Å². The third-order valence-electron chi connectivity index (χ3n) is 6.27. The first-order valence-electron chi connectivity index (χ1n) is 11.6. The van der Waals surface area contributed by atoms with E-state index < -0.39 is 18.2 Å². The predicted octanol–water partition coefficient (Wildman–Crippen LogP) is 4.16. The van der Waals surface area contributed by atoms with Gasteiger partial charge in [-0.1, -0.05) is 32.0 Å². The lowest BCUT2D eigenvalue weighted by Crippen LogP contribution is -2.53. The van der Waals surface area contributed by atoms with Crippen molar-refractivity contribution in [2.75, 3.05) is 25.0 Å². The number of hydrogen-bond donors (Lipinski definition) is 3. The largest absolute Gasteiger partial charge is 0.390 e. The van der Waals surface area contributed by atoms with Gasteiger partial charge in [0.05, 0.1) is 23.8 Å². The summed E-state index contributed by atoms with van der Waals surface area (Å²) in [5.74, 6) is 0.394. The molecule has 1 saturated heterocycles. The van der Waals surface area contributed by atoms with Gasteiger partial charge in [0.2, 0.25) is 0 Å². The Morgan fingerprint density at radius 1 is 1.21 bits per heavy atom. The lowest BCUT2D eigenvalue weighted by Gasteiger charge is -2.36. The fourth-order valence-corrected chi connectivity index (χ4v) is 4.40. The van der Waals surface area contributed by atoms with Crippen molar-refractivity contribution in [2.24, 2.45) is 11.8 Å². The summed E-state index contributed by atoms with van der Waals surface area (Å²) in [6.45, 7) is 6.22. The summed E-state index contributed by atoms with van der Waals surface area (Å²) < 4.78 is 13.1. The molecule has 0 aliphatic carbocycles. The Morgan fingerprint density at radius 2 is 1.91 bits per heavy atom. The standard InChI is InChI=1S/C26H33FN4O2/c1-18(2)25(30-26(33)29-23-5-3-4-21(15-23)16-28)24(32)17-31-12-10-20(11-13-31)14-19-6-8-22(27)9-7-19/h3-9,15,18,20,24-25,32H,10-14,17H2,1-2H3,(H2,29,30,33)/t24-,25-/m0/s1. The smallest absolute Gasteiger partial charge is 0.319 e. The van der Waals surface area contributed by atoms with Gasteiger partial charge in [-0.3, -0.25) is 0 Å². The third kappa shape index (κ3) is 7.55. The molecule has 2 aromatic carbocycles. The third-order valence-corrected chi connectivity index (χ3v) is 6.27. The van der Waals surface area contributed by atoms with E-state index in [1.807, 2.05) is 32.0 Å². The molecule has 176 valence electrons. The van der Waals surface area contributed by atoms with E-state index in [0.717, 1.165) is 37.9 Å². The van der Waals surface area contributed by atoms with Gasteiger partial charge in [-0.25, -0.2) is 9.18 Å². The minimum atomic E-state index is -0.699. The molecule has 0 spiro atoms. The summed E-state index contributed by atoms with van der Waals surface area (Å²) in [5, 5.41) is 25.5. The highest BCUT2D eigenvalue weighted by atomic mass is 19.1. The van der Waals surface area contributed by atoms with Gasteiger partial charge in [-0.2, -0.15) is 5.26 Å². The first-order chi connectivity index (χ1) is 15.8. The molecule has 2 atom stereocenters. The number of piperidine rings is 1. The number of hydrogen-bond acceptors (Lipinski definition) is 4. The van der Waals surface area contributed by atoms with E-state index in [0.29, 0.717) is 23.7 Å². The van der Waals surface area contributed by atoms with Crippen LogP contribution in [0, 0.1) is 29.0 Å². The van der Waals surface area contributed by atoms with Crippen molar-refractivity contribution in [3.8, 4) is 6.07 Å². The van der Waals surface area contributed by atoms with E-state index in [-0.39, 0.29) is 11.7 Å². The second kappa shape index (κ2) is 11.8. The summed E-state index contributed by atoms with van der Waals surface area (Å²) >= 11 is 0. The van der Waals surface area contributed by atoms with Crippen molar-refractivity contribution in [3.63, 3.8) is 0 Å². The summed E-state index contributed by atoms with van der Waals surface area (Å²) in [6.07, 6.45) is 2.30. The SMILES string of the molecule is CC(C)[C@H](NC(=O)Nc1cccc(C#N)c1)[C@@H](O)CN1CCC(Cc2ccc(F)cc2)CC1. The van der Waals surface area contributed by atoms with E-state index in [4.69, 9.17) is 5.26 Å². The van der Waals surface area contributed by atoms with Crippen LogP contribution in [0.3, 0.4) is 0 Å². The van der Waals surface area contributed by atoms with Gasteiger partial charge in [-0.15, -0.1) is 0 Å². The van der Waals surface area contributed by atoms with Crippen LogP contribution in [0.25, 0.3) is 0 Å². The Labute approximate surface area is 195 Å². The van der Waals surface area contributed by atoms with E-state index in [1.165, 1.54) is 12.1 Å². The van der Waals surface area contributed by atoms with Crippen LogP contribution >= 0.6 is 0 Å². The normalized spacial score (nSPS) is 16.7. The Morgan fingerprint density at radius 3 is 2.55 bits per heavy atom. The van der Waals surface area contributed by atoms with Crippen LogP contribution in [0.1, 0.15) is 37.8 Å². The van der Waals surface area contributed by atoms with Gasteiger partial charge in [-0.05, 0) is 80.1 Å². The van der Waals surface area contributed by atoms with Crippen LogP contribution in [-0.2, 0) is 6.42 Å². The van der Waals surface area contributed by atoms with E-state index in [1.54, 1.807) is 24.3 Å². The van der Waals surface area contributed by atoms with Gasteiger partial charge in [0.15, 0.2) is 0 Å². The number of nitrogens with zero attached hydrogens (tertiary/aromatic N) is 2. The molecule has 7 heteroatoms. The van der Waals surface area contributed by atoms with E-state index in [2.05, 4.69) is 15.5 Å². The summed E-state index contributed by atoms with van der Waals surface area (Å²) in [6, 6.07) is 14.7. The van der Waals surface area contributed by atoms with Crippen LogP contribution in [0.4, 0.5) is 14.9 Å². The molecule has 1 aliphatic heterocycles. The molecule has 2 aromatic rings. The minimum Gasteiger partial charge on any atom is -0.390 e. The zero-order valence-corrected chi connectivity index (χ0v) is 19.3. The average molecular weight is 453 g/mol. The topological polar surface area (TPSA) is 88.4 Å². The van der Waals surface area contributed by atoms with Crippen LogP contribution < -0.4 is 10.6 Å². The number of carbonyl (C=O) groups excluding carboxylic acids is 1. The molecule has 0 bridgehead atoms. The van der Waals surface area contributed by atoms with Gasteiger partial charge >= 0.3 is 6.03 Å². The highest BCUT2D eigenvalue weighted by Gasteiger charge is 2.28. The molecule has 1 heterocycles. The monoisotopic (exact) mass is 452 g/mol. The van der Waals surface area contributed by atoms with E-state index >= 15 is 0 Å². The molecular weight excluding hydrogens is 419 g/mol. The molecule has 1 aliphatic rings. The number of aliphatic hydroxyl groups is 1. The molecule has 0 aromatic heterocycles. The molecule has 3 N–H and O–H groups in total. The van der Waals surface area contributed by atoms with Crippen molar-refractivity contribution < 1.29 is 14.3 Å². The molecular formula is C26H33FN4O2. The Bertz CT molecular complexity index is 950. The zero-order chi connectivity index (χ0) is 23.8. The number of anilines is 1. The number of benzene rings is 2. The van der Waals surface area contributed by atoms with Crippen molar-refractivity contribution in [1.82, 2.24) is 10.2 Å². The number of likely N-dealkylation sites (tertiary alicyclic amines) is 1. The maximum Gasteiger partial charge on any atom is 0.319 e. The van der Waals surface area contributed by atoms with Crippen LogP contribution in [0.2, 0.25) is 0 Å². The lowest BCUT2D eigenvalue weighted by molar-refractivity contribution is 0.0539. The molecule has 33 heavy (non-hydrogen) atoms. The molecule has 0 saturated carbocycles. The lowest BCUT2D eigenvalue weighted by atomic mass is 9.89. The molecule has 1 fully saturated rings. The zero-order valence-electron chi connectivity index (χ0n) is 19.3.